The number of anilines is 1. The SMILES string of the molecule is CCc1ccc(S(=O)(=O)N2CCN(c3ccc4c(c3)OCCO4)CC2)s1. The van der Waals surface area contributed by atoms with E-state index in [1.807, 2.05) is 31.2 Å². The van der Waals surface area contributed by atoms with Crippen LogP contribution in [-0.4, -0.2) is 52.1 Å². The summed E-state index contributed by atoms with van der Waals surface area (Å²) < 4.78 is 38.9. The molecule has 6 nitrogen and oxygen atoms in total. The number of aryl methyl sites for hydroxylation is 1. The molecule has 1 aromatic carbocycles. The molecule has 2 aliphatic rings. The third-order valence-electron chi connectivity index (χ3n) is 4.71. The van der Waals surface area contributed by atoms with E-state index in [1.54, 1.807) is 10.4 Å². The van der Waals surface area contributed by atoms with Crippen LogP contribution in [0.15, 0.2) is 34.5 Å². The molecule has 4 rings (SSSR count). The zero-order valence-electron chi connectivity index (χ0n) is 14.7. The van der Waals surface area contributed by atoms with Gasteiger partial charge in [0.15, 0.2) is 11.5 Å². The van der Waals surface area contributed by atoms with Crippen LogP contribution in [-0.2, 0) is 16.4 Å². The van der Waals surface area contributed by atoms with Gasteiger partial charge in [-0.05, 0) is 30.7 Å². The number of benzene rings is 1. The standard InChI is InChI=1S/C18H22N2O4S2/c1-2-15-4-6-18(25-15)26(21,22)20-9-7-19(8-10-20)14-3-5-16-17(13-14)24-12-11-23-16/h3-6,13H,2,7-12H2,1H3. The molecule has 1 fully saturated rings. The predicted octanol–water partition coefficient (Wildman–Crippen LogP) is 2.59. The van der Waals surface area contributed by atoms with Gasteiger partial charge in [0, 0.05) is 42.8 Å². The number of hydrogen-bond acceptors (Lipinski definition) is 6. The van der Waals surface area contributed by atoms with Crippen molar-refractivity contribution in [3.8, 4) is 11.5 Å². The lowest BCUT2D eigenvalue weighted by atomic mass is 10.2. The Labute approximate surface area is 158 Å². The van der Waals surface area contributed by atoms with Crippen LogP contribution < -0.4 is 14.4 Å². The van der Waals surface area contributed by atoms with Gasteiger partial charge in [0.05, 0.1) is 0 Å². The average molecular weight is 395 g/mol. The highest BCUT2D eigenvalue weighted by molar-refractivity contribution is 7.91. The fourth-order valence-electron chi connectivity index (χ4n) is 3.23. The summed E-state index contributed by atoms with van der Waals surface area (Å²) in [6, 6.07) is 9.54. The lowest BCUT2D eigenvalue weighted by Gasteiger charge is -2.35. The zero-order valence-corrected chi connectivity index (χ0v) is 16.3. The molecule has 1 aromatic heterocycles. The topological polar surface area (TPSA) is 59.1 Å². The number of thiophene rings is 1. The van der Waals surface area contributed by atoms with Gasteiger partial charge in [-0.25, -0.2) is 8.42 Å². The number of rotatable bonds is 4. The summed E-state index contributed by atoms with van der Waals surface area (Å²) in [6.07, 6.45) is 0.859. The van der Waals surface area contributed by atoms with Gasteiger partial charge in [0.2, 0.25) is 0 Å². The van der Waals surface area contributed by atoms with Crippen molar-refractivity contribution in [1.29, 1.82) is 0 Å². The Morgan fingerprint density at radius 3 is 2.42 bits per heavy atom. The number of hydrogen-bond donors (Lipinski definition) is 0. The lowest BCUT2D eigenvalue weighted by Crippen LogP contribution is -2.48. The van der Waals surface area contributed by atoms with Crippen LogP contribution in [0.5, 0.6) is 11.5 Å². The van der Waals surface area contributed by atoms with Crippen molar-refractivity contribution in [3.63, 3.8) is 0 Å². The summed E-state index contributed by atoms with van der Waals surface area (Å²) in [7, 11) is -3.39. The first-order valence-corrected chi connectivity index (χ1v) is 11.1. The van der Waals surface area contributed by atoms with Crippen molar-refractivity contribution < 1.29 is 17.9 Å². The van der Waals surface area contributed by atoms with E-state index in [2.05, 4.69) is 4.90 Å². The van der Waals surface area contributed by atoms with Crippen molar-refractivity contribution in [2.24, 2.45) is 0 Å². The second kappa shape index (κ2) is 7.09. The van der Waals surface area contributed by atoms with E-state index in [0.717, 1.165) is 28.5 Å². The fraction of sp³-hybridized carbons (Fsp3) is 0.444. The number of fused-ring (bicyclic) bond motifs is 1. The molecule has 26 heavy (non-hydrogen) atoms. The minimum absolute atomic E-state index is 0.446. The molecule has 0 unspecified atom stereocenters. The van der Waals surface area contributed by atoms with Gasteiger partial charge in [-0.3, -0.25) is 0 Å². The Bertz CT molecular complexity index is 886. The van der Waals surface area contributed by atoms with E-state index in [1.165, 1.54) is 11.3 Å². The smallest absolute Gasteiger partial charge is 0.252 e. The van der Waals surface area contributed by atoms with E-state index >= 15 is 0 Å². The molecule has 0 saturated carbocycles. The van der Waals surface area contributed by atoms with Gasteiger partial charge in [0.1, 0.15) is 17.4 Å². The molecular weight excluding hydrogens is 372 g/mol. The molecule has 0 bridgehead atoms. The molecule has 1 saturated heterocycles. The molecule has 0 spiro atoms. The third kappa shape index (κ3) is 3.28. The molecular formula is C18H22N2O4S2. The summed E-state index contributed by atoms with van der Waals surface area (Å²) in [5.74, 6) is 1.53. The average Bonchev–Trinajstić information content (AvgIpc) is 3.18. The van der Waals surface area contributed by atoms with E-state index < -0.39 is 10.0 Å². The van der Waals surface area contributed by atoms with Gasteiger partial charge >= 0.3 is 0 Å². The Balaban J connectivity index is 1.45. The Morgan fingerprint density at radius 1 is 1.00 bits per heavy atom. The van der Waals surface area contributed by atoms with Crippen molar-refractivity contribution in [2.45, 2.75) is 17.6 Å². The highest BCUT2D eigenvalue weighted by Gasteiger charge is 2.30. The summed E-state index contributed by atoms with van der Waals surface area (Å²) in [5, 5.41) is 0. The second-order valence-corrected chi connectivity index (χ2v) is 9.63. The Hall–Kier alpha value is -1.77. The molecule has 0 amide bonds. The van der Waals surface area contributed by atoms with E-state index in [4.69, 9.17) is 9.47 Å². The molecule has 2 aliphatic heterocycles. The fourth-order valence-corrected chi connectivity index (χ4v) is 6.10. The van der Waals surface area contributed by atoms with Gasteiger partial charge in [-0.15, -0.1) is 11.3 Å². The molecule has 0 radical (unpaired) electrons. The van der Waals surface area contributed by atoms with Crippen molar-refractivity contribution >= 4 is 27.0 Å². The molecule has 140 valence electrons. The molecule has 8 heteroatoms. The predicted molar refractivity (Wildman–Crippen MR) is 102 cm³/mol. The Morgan fingerprint density at radius 2 is 1.73 bits per heavy atom. The quantitative estimate of drug-likeness (QED) is 0.798. The first-order valence-electron chi connectivity index (χ1n) is 8.81. The van der Waals surface area contributed by atoms with E-state index in [9.17, 15) is 8.42 Å². The van der Waals surface area contributed by atoms with E-state index in [0.29, 0.717) is 43.6 Å². The van der Waals surface area contributed by atoms with Crippen LogP contribution in [0.4, 0.5) is 5.69 Å². The van der Waals surface area contributed by atoms with Crippen molar-refractivity contribution in [3.05, 3.63) is 35.2 Å². The maximum atomic E-state index is 12.8. The third-order valence-corrected chi connectivity index (χ3v) is 8.30. The first kappa shape index (κ1) is 17.6. The van der Waals surface area contributed by atoms with E-state index in [-0.39, 0.29) is 0 Å². The number of ether oxygens (including phenoxy) is 2. The maximum Gasteiger partial charge on any atom is 0.252 e. The minimum atomic E-state index is -3.39. The zero-order chi connectivity index (χ0) is 18.1. The van der Waals surface area contributed by atoms with Gasteiger partial charge in [-0.2, -0.15) is 4.31 Å². The first-order chi connectivity index (χ1) is 12.6. The maximum absolute atomic E-state index is 12.8. The largest absolute Gasteiger partial charge is 0.486 e. The van der Waals surface area contributed by atoms with Crippen LogP contribution in [0.3, 0.4) is 0 Å². The Kier molecular flexibility index (Phi) is 4.81. The molecule has 0 atom stereocenters. The summed E-state index contributed by atoms with van der Waals surface area (Å²) in [4.78, 5) is 3.29. The van der Waals surface area contributed by atoms with Crippen molar-refractivity contribution in [1.82, 2.24) is 4.31 Å². The van der Waals surface area contributed by atoms with Crippen LogP contribution in [0.25, 0.3) is 0 Å². The van der Waals surface area contributed by atoms with Gasteiger partial charge in [-0.1, -0.05) is 6.92 Å². The molecule has 3 heterocycles. The number of sulfonamides is 1. The minimum Gasteiger partial charge on any atom is -0.486 e. The highest BCUT2D eigenvalue weighted by atomic mass is 32.2. The number of nitrogens with zero attached hydrogens (tertiary/aromatic N) is 2. The van der Waals surface area contributed by atoms with Crippen LogP contribution >= 0.6 is 11.3 Å². The molecule has 0 N–H and O–H groups in total. The van der Waals surface area contributed by atoms with Gasteiger partial charge < -0.3 is 14.4 Å². The van der Waals surface area contributed by atoms with Gasteiger partial charge in [0.25, 0.3) is 10.0 Å². The normalized spacial score (nSPS) is 18.1. The molecule has 2 aromatic rings. The molecule has 0 aliphatic carbocycles. The highest BCUT2D eigenvalue weighted by Crippen LogP contribution is 2.34. The van der Waals surface area contributed by atoms with Crippen LogP contribution in [0.2, 0.25) is 0 Å². The summed E-state index contributed by atoms with van der Waals surface area (Å²) in [6.45, 7) is 5.45. The monoisotopic (exact) mass is 394 g/mol. The second-order valence-electron chi connectivity index (χ2n) is 6.29. The van der Waals surface area contributed by atoms with Crippen molar-refractivity contribution in [2.75, 3.05) is 44.3 Å². The number of piperazine rings is 1. The summed E-state index contributed by atoms with van der Waals surface area (Å²) >= 11 is 1.37. The van der Waals surface area contributed by atoms with Crippen LogP contribution in [0.1, 0.15) is 11.8 Å². The lowest BCUT2D eigenvalue weighted by molar-refractivity contribution is 0.171. The summed E-state index contributed by atoms with van der Waals surface area (Å²) in [5.41, 5.74) is 1.04. The van der Waals surface area contributed by atoms with Crippen LogP contribution in [0, 0.1) is 0 Å².